The van der Waals surface area contributed by atoms with Crippen molar-refractivity contribution in [3.63, 3.8) is 0 Å². The number of aliphatic hydroxyl groups is 1. The Morgan fingerprint density at radius 2 is 1.58 bits per heavy atom. The van der Waals surface area contributed by atoms with Gasteiger partial charge in [-0.15, -0.1) is 0 Å². The highest BCUT2D eigenvalue weighted by atomic mass is 19.4. The van der Waals surface area contributed by atoms with Crippen LogP contribution >= 0.6 is 0 Å². The second-order valence-corrected chi connectivity index (χ2v) is 5.97. The van der Waals surface area contributed by atoms with Crippen LogP contribution in [0.2, 0.25) is 0 Å². The molecule has 0 radical (unpaired) electrons. The molecule has 1 aromatic carbocycles. The summed E-state index contributed by atoms with van der Waals surface area (Å²) in [5.74, 6) is 0. The Morgan fingerprint density at radius 3 is 2.00 bits per heavy atom. The van der Waals surface area contributed by atoms with E-state index < -0.39 is 11.7 Å². The average molecular weight is 274 g/mol. The molecule has 0 amide bonds. The van der Waals surface area contributed by atoms with E-state index in [0.29, 0.717) is 12.8 Å². The molecule has 1 N–H and O–H groups in total. The first kappa shape index (κ1) is 16.0. The summed E-state index contributed by atoms with van der Waals surface area (Å²) >= 11 is 0. The second-order valence-electron chi connectivity index (χ2n) is 5.97. The van der Waals surface area contributed by atoms with Crippen molar-refractivity contribution in [1.29, 1.82) is 0 Å². The predicted octanol–water partition coefficient (Wildman–Crippen LogP) is 4.44. The van der Waals surface area contributed by atoms with Crippen LogP contribution in [-0.4, -0.2) is 11.2 Å². The fraction of sp³-hybridized carbons (Fsp3) is 0.600. The maximum Gasteiger partial charge on any atom is 0.416 e. The number of hydrogen-bond donors (Lipinski definition) is 1. The largest absolute Gasteiger partial charge is 0.416 e. The monoisotopic (exact) mass is 274 g/mol. The van der Waals surface area contributed by atoms with Crippen LogP contribution in [0.1, 0.15) is 44.7 Å². The van der Waals surface area contributed by atoms with Gasteiger partial charge in [0.25, 0.3) is 0 Å². The van der Waals surface area contributed by atoms with Gasteiger partial charge in [-0.05, 0) is 42.4 Å². The molecule has 0 aliphatic carbocycles. The zero-order valence-electron chi connectivity index (χ0n) is 11.6. The molecule has 0 saturated carbocycles. The first-order valence-electron chi connectivity index (χ1n) is 6.45. The third-order valence-electron chi connectivity index (χ3n) is 3.22. The first-order valence-corrected chi connectivity index (χ1v) is 6.45. The second kappa shape index (κ2) is 5.95. The summed E-state index contributed by atoms with van der Waals surface area (Å²) in [6.07, 6.45) is -2.55. The fourth-order valence-corrected chi connectivity index (χ4v) is 1.79. The van der Waals surface area contributed by atoms with E-state index in [0.717, 1.165) is 24.1 Å². The number of alkyl halides is 3. The van der Waals surface area contributed by atoms with E-state index in [1.165, 1.54) is 12.1 Å². The quantitative estimate of drug-likeness (QED) is 0.860. The normalized spacial score (nSPS) is 14.5. The standard InChI is InChI=1S/C15H21F3O/c1-14(2,3)13(19)6-4-5-11-7-9-12(10-8-11)15(16,17)18/h7-10,13,19H,4-6H2,1-3H3. The summed E-state index contributed by atoms with van der Waals surface area (Å²) in [7, 11) is 0. The Bertz CT molecular complexity index is 387. The molecule has 108 valence electrons. The van der Waals surface area contributed by atoms with Gasteiger partial charge in [-0.25, -0.2) is 0 Å². The van der Waals surface area contributed by atoms with Crippen LogP contribution < -0.4 is 0 Å². The molecule has 1 atom stereocenters. The average Bonchev–Trinajstić information content (AvgIpc) is 2.27. The lowest BCUT2D eigenvalue weighted by atomic mass is 9.86. The van der Waals surface area contributed by atoms with E-state index in [4.69, 9.17) is 0 Å². The molecule has 0 bridgehead atoms. The molecular formula is C15H21F3O. The van der Waals surface area contributed by atoms with Crippen LogP contribution in [0.5, 0.6) is 0 Å². The van der Waals surface area contributed by atoms with Gasteiger partial charge < -0.3 is 5.11 Å². The Morgan fingerprint density at radius 1 is 1.05 bits per heavy atom. The van der Waals surface area contributed by atoms with Gasteiger partial charge in [-0.1, -0.05) is 32.9 Å². The lowest BCUT2D eigenvalue weighted by Gasteiger charge is -2.25. The molecule has 1 unspecified atom stereocenters. The minimum atomic E-state index is -4.28. The van der Waals surface area contributed by atoms with Gasteiger partial charge in [0.2, 0.25) is 0 Å². The van der Waals surface area contributed by atoms with Crippen LogP contribution in [0.4, 0.5) is 13.2 Å². The van der Waals surface area contributed by atoms with Crippen molar-refractivity contribution in [1.82, 2.24) is 0 Å². The summed E-state index contributed by atoms with van der Waals surface area (Å²) in [6, 6.07) is 5.23. The molecule has 0 aromatic heterocycles. The highest BCUT2D eigenvalue weighted by molar-refractivity contribution is 5.24. The molecular weight excluding hydrogens is 253 g/mol. The molecule has 1 aromatic rings. The SMILES string of the molecule is CC(C)(C)C(O)CCCc1ccc(C(F)(F)F)cc1. The molecule has 0 heterocycles. The predicted molar refractivity (Wildman–Crippen MR) is 69.8 cm³/mol. The number of hydrogen-bond acceptors (Lipinski definition) is 1. The van der Waals surface area contributed by atoms with Crippen LogP contribution in [0, 0.1) is 5.41 Å². The van der Waals surface area contributed by atoms with E-state index in [9.17, 15) is 18.3 Å². The summed E-state index contributed by atoms with van der Waals surface area (Å²) < 4.78 is 37.1. The van der Waals surface area contributed by atoms with Gasteiger partial charge in [-0.2, -0.15) is 13.2 Å². The zero-order chi connectivity index (χ0) is 14.7. The minimum Gasteiger partial charge on any atom is -0.393 e. The van der Waals surface area contributed by atoms with Crippen molar-refractivity contribution >= 4 is 0 Å². The summed E-state index contributed by atoms with van der Waals surface area (Å²) in [5, 5.41) is 9.87. The van der Waals surface area contributed by atoms with Crippen LogP contribution in [-0.2, 0) is 12.6 Å². The highest BCUT2D eigenvalue weighted by Gasteiger charge is 2.29. The van der Waals surface area contributed by atoms with Gasteiger partial charge in [0.15, 0.2) is 0 Å². The fourth-order valence-electron chi connectivity index (χ4n) is 1.79. The molecule has 0 spiro atoms. The molecule has 19 heavy (non-hydrogen) atoms. The topological polar surface area (TPSA) is 20.2 Å². The van der Waals surface area contributed by atoms with Crippen molar-refractivity contribution in [2.45, 2.75) is 52.3 Å². The first-order chi connectivity index (χ1) is 8.60. The maximum absolute atomic E-state index is 12.4. The Hall–Kier alpha value is -1.03. The number of benzene rings is 1. The number of aryl methyl sites for hydroxylation is 1. The molecule has 0 saturated heterocycles. The molecule has 0 aliphatic heterocycles. The smallest absolute Gasteiger partial charge is 0.393 e. The molecule has 4 heteroatoms. The van der Waals surface area contributed by atoms with Crippen LogP contribution in [0.15, 0.2) is 24.3 Å². The van der Waals surface area contributed by atoms with Crippen molar-refractivity contribution in [2.24, 2.45) is 5.41 Å². The van der Waals surface area contributed by atoms with E-state index in [-0.39, 0.29) is 11.5 Å². The minimum absolute atomic E-state index is 0.153. The van der Waals surface area contributed by atoms with Crippen molar-refractivity contribution < 1.29 is 18.3 Å². The Balaban J connectivity index is 2.47. The molecule has 0 aliphatic rings. The highest BCUT2D eigenvalue weighted by Crippen LogP contribution is 2.29. The van der Waals surface area contributed by atoms with Gasteiger partial charge >= 0.3 is 6.18 Å². The van der Waals surface area contributed by atoms with E-state index in [1.807, 2.05) is 20.8 Å². The van der Waals surface area contributed by atoms with E-state index in [2.05, 4.69) is 0 Å². The Kier molecular flexibility index (Phi) is 5.02. The lowest BCUT2D eigenvalue weighted by Crippen LogP contribution is -2.25. The lowest BCUT2D eigenvalue weighted by molar-refractivity contribution is -0.137. The maximum atomic E-state index is 12.4. The van der Waals surface area contributed by atoms with Crippen molar-refractivity contribution in [3.8, 4) is 0 Å². The molecule has 0 fully saturated rings. The summed E-state index contributed by atoms with van der Waals surface area (Å²) in [4.78, 5) is 0. The van der Waals surface area contributed by atoms with E-state index >= 15 is 0 Å². The number of rotatable bonds is 4. The van der Waals surface area contributed by atoms with E-state index in [1.54, 1.807) is 0 Å². The Labute approximate surface area is 112 Å². The number of halogens is 3. The van der Waals surface area contributed by atoms with Crippen molar-refractivity contribution in [3.05, 3.63) is 35.4 Å². The van der Waals surface area contributed by atoms with Crippen LogP contribution in [0.25, 0.3) is 0 Å². The molecule has 1 rings (SSSR count). The van der Waals surface area contributed by atoms with Gasteiger partial charge in [-0.3, -0.25) is 0 Å². The summed E-state index contributed by atoms with van der Waals surface area (Å²) in [6.45, 7) is 5.90. The van der Waals surface area contributed by atoms with Crippen molar-refractivity contribution in [2.75, 3.05) is 0 Å². The van der Waals surface area contributed by atoms with Gasteiger partial charge in [0, 0.05) is 0 Å². The number of aliphatic hydroxyl groups excluding tert-OH is 1. The molecule has 1 nitrogen and oxygen atoms in total. The summed E-state index contributed by atoms with van der Waals surface area (Å²) in [5.41, 5.74) is 0.0974. The van der Waals surface area contributed by atoms with Gasteiger partial charge in [0.1, 0.15) is 0 Å². The third kappa shape index (κ3) is 5.23. The zero-order valence-corrected chi connectivity index (χ0v) is 11.6. The van der Waals surface area contributed by atoms with Gasteiger partial charge in [0.05, 0.1) is 11.7 Å². The van der Waals surface area contributed by atoms with Crippen LogP contribution in [0.3, 0.4) is 0 Å². The third-order valence-corrected chi connectivity index (χ3v) is 3.22.